The number of methoxy groups -OCH3 is 1. The lowest BCUT2D eigenvalue weighted by molar-refractivity contribution is -0.131. The first-order chi connectivity index (χ1) is 9.49. The minimum absolute atomic E-state index is 0.0465. The Morgan fingerprint density at radius 1 is 1.05 bits per heavy atom. The Bertz CT molecular complexity index is 281. The van der Waals surface area contributed by atoms with E-state index in [1.165, 1.54) is 6.92 Å². The molecule has 0 aliphatic heterocycles. The fourth-order valence-corrected chi connectivity index (χ4v) is 1.64. The summed E-state index contributed by atoms with van der Waals surface area (Å²) in [7, 11) is 1.65. The minimum Gasteiger partial charge on any atom is -0.385 e. The van der Waals surface area contributed by atoms with Gasteiger partial charge in [0.15, 0.2) is 5.78 Å². The molecule has 0 aliphatic carbocycles. The van der Waals surface area contributed by atoms with E-state index >= 15 is 0 Å². The zero-order chi connectivity index (χ0) is 15.4. The fourth-order valence-electron chi connectivity index (χ4n) is 1.64. The third-order valence-corrected chi connectivity index (χ3v) is 2.66. The highest BCUT2D eigenvalue weighted by molar-refractivity contribution is 5.88. The van der Waals surface area contributed by atoms with Crippen molar-refractivity contribution < 1.29 is 23.8 Å². The van der Waals surface area contributed by atoms with Gasteiger partial charge in [0.25, 0.3) is 0 Å². The molecule has 0 aromatic rings. The molecule has 0 spiro atoms. The standard InChI is InChI=1S/C14H27NO5/c1-11(2)14(12(3)16)15-13(17)10-20-9-8-19-7-5-6-18-4/h11,14H,5-10H2,1-4H3,(H,15,17). The van der Waals surface area contributed by atoms with Gasteiger partial charge in [0.1, 0.15) is 6.61 Å². The van der Waals surface area contributed by atoms with Crippen LogP contribution in [0.2, 0.25) is 0 Å². The number of hydrogen-bond donors (Lipinski definition) is 1. The van der Waals surface area contributed by atoms with Crippen LogP contribution in [0.4, 0.5) is 0 Å². The van der Waals surface area contributed by atoms with Crippen molar-refractivity contribution in [2.24, 2.45) is 5.92 Å². The number of ketones is 1. The van der Waals surface area contributed by atoms with Crippen LogP contribution in [0.3, 0.4) is 0 Å². The molecule has 1 atom stereocenters. The second-order valence-electron chi connectivity index (χ2n) is 4.91. The molecule has 6 nitrogen and oxygen atoms in total. The summed E-state index contributed by atoms with van der Waals surface area (Å²) in [4.78, 5) is 22.9. The zero-order valence-electron chi connectivity index (χ0n) is 12.9. The van der Waals surface area contributed by atoms with Crippen molar-refractivity contribution in [1.29, 1.82) is 0 Å². The molecule has 0 aliphatic rings. The Labute approximate surface area is 121 Å². The van der Waals surface area contributed by atoms with Crippen molar-refractivity contribution in [2.45, 2.75) is 33.2 Å². The Morgan fingerprint density at radius 2 is 1.70 bits per heavy atom. The van der Waals surface area contributed by atoms with Crippen molar-refractivity contribution in [1.82, 2.24) is 5.32 Å². The summed E-state index contributed by atoms with van der Waals surface area (Å²) < 4.78 is 15.4. The van der Waals surface area contributed by atoms with Crippen molar-refractivity contribution in [2.75, 3.05) is 40.1 Å². The molecule has 118 valence electrons. The highest BCUT2D eigenvalue weighted by Gasteiger charge is 2.20. The van der Waals surface area contributed by atoms with Crippen molar-refractivity contribution in [3.8, 4) is 0 Å². The minimum atomic E-state index is -0.448. The van der Waals surface area contributed by atoms with E-state index in [9.17, 15) is 9.59 Å². The van der Waals surface area contributed by atoms with Crippen LogP contribution >= 0.6 is 0 Å². The molecule has 0 aromatic carbocycles. The summed E-state index contributed by atoms with van der Waals surface area (Å²) in [5.74, 6) is -0.256. The predicted molar refractivity (Wildman–Crippen MR) is 75.6 cm³/mol. The molecule has 1 amide bonds. The van der Waals surface area contributed by atoms with E-state index in [-0.39, 0.29) is 24.2 Å². The Balaban J connectivity index is 3.60. The second-order valence-corrected chi connectivity index (χ2v) is 4.91. The predicted octanol–water partition coefficient (Wildman–Crippen LogP) is 0.786. The first-order valence-corrected chi connectivity index (χ1v) is 6.93. The highest BCUT2D eigenvalue weighted by atomic mass is 16.5. The quantitative estimate of drug-likeness (QED) is 0.538. The van der Waals surface area contributed by atoms with Gasteiger partial charge in [0, 0.05) is 20.3 Å². The van der Waals surface area contributed by atoms with E-state index in [2.05, 4.69) is 5.32 Å². The number of carbonyl (C=O) groups is 2. The first-order valence-electron chi connectivity index (χ1n) is 6.93. The van der Waals surface area contributed by atoms with E-state index in [0.29, 0.717) is 26.4 Å². The van der Waals surface area contributed by atoms with E-state index in [1.54, 1.807) is 7.11 Å². The summed E-state index contributed by atoms with van der Waals surface area (Å²) in [5.41, 5.74) is 0. The maximum absolute atomic E-state index is 11.6. The highest BCUT2D eigenvalue weighted by Crippen LogP contribution is 2.02. The average molecular weight is 289 g/mol. The van der Waals surface area contributed by atoms with Crippen LogP contribution in [0.5, 0.6) is 0 Å². The molecule has 0 saturated carbocycles. The number of carbonyl (C=O) groups excluding carboxylic acids is 2. The van der Waals surface area contributed by atoms with E-state index in [4.69, 9.17) is 14.2 Å². The average Bonchev–Trinajstić information content (AvgIpc) is 2.38. The van der Waals surface area contributed by atoms with Gasteiger partial charge in [-0.1, -0.05) is 13.8 Å². The topological polar surface area (TPSA) is 73.9 Å². The van der Waals surface area contributed by atoms with E-state index in [0.717, 1.165) is 6.42 Å². The van der Waals surface area contributed by atoms with Gasteiger partial charge in [-0.25, -0.2) is 0 Å². The van der Waals surface area contributed by atoms with Crippen LogP contribution in [0.15, 0.2) is 0 Å². The largest absolute Gasteiger partial charge is 0.385 e. The molecule has 1 N–H and O–H groups in total. The maximum Gasteiger partial charge on any atom is 0.246 e. The summed E-state index contributed by atoms with van der Waals surface area (Å²) in [6, 6.07) is -0.448. The lowest BCUT2D eigenvalue weighted by Crippen LogP contribution is -2.44. The normalized spacial score (nSPS) is 12.4. The van der Waals surface area contributed by atoms with Gasteiger partial charge in [-0.3, -0.25) is 9.59 Å². The molecule has 0 rings (SSSR count). The number of hydrogen-bond acceptors (Lipinski definition) is 5. The van der Waals surface area contributed by atoms with E-state index in [1.807, 2.05) is 13.8 Å². The number of amides is 1. The first kappa shape index (κ1) is 19.0. The van der Waals surface area contributed by atoms with Crippen molar-refractivity contribution >= 4 is 11.7 Å². The van der Waals surface area contributed by atoms with Gasteiger partial charge in [0.05, 0.1) is 19.3 Å². The van der Waals surface area contributed by atoms with Gasteiger partial charge in [-0.15, -0.1) is 0 Å². The molecular weight excluding hydrogens is 262 g/mol. The summed E-state index contributed by atoms with van der Waals surface area (Å²) in [5, 5.41) is 2.66. The van der Waals surface area contributed by atoms with E-state index < -0.39 is 6.04 Å². The maximum atomic E-state index is 11.6. The molecule has 1 unspecified atom stereocenters. The molecule has 0 bridgehead atoms. The molecule has 20 heavy (non-hydrogen) atoms. The zero-order valence-corrected chi connectivity index (χ0v) is 12.9. The Kier molecular flexibility index (Phi) is 11.2. The van der Waals surface area contributed by atoms with Crippen LogP contribution in [0.25, 0.3) is 0 Å². The Hall–Kier alpha value is -0.980. The second kappa shape index (κ2) is 11.8. The van der Waals surface area contributed by atoms with Crippen LogP contribution in [-0.4, -0.2) is 57.9 Å². The molecule has 6 heteroatoms. The number of ether oxygens (including phenoxy) is 3. The van der Waals surface area contributed by atoms with Crippen molar-refractivity contribution in [3.05, 3.63) is 0 Å². The van der Waals surface area contributed by atoms with Gasteiger partial charge < -0.3 is 19.5 Å². The molecule has 0 aromatic heterocycles. The molecule has 0 radical (unpaired) electrons. The van der Waals surface area contributed by atoms with Gasteiger partial charge in [0.2, 0.25) is 5.91 Å². The SMILES string of the molecule is COCCCOCCOCC(=O)NC(C(C)=O)C(C)C. The van der Waals surface area contributed by atoms with Crippen molar-refractivity contribution in [3.63, 3.8) is 0 Å². The number of rotatable bonds is 12. The number of nitrogens with one attached hydrogen (secondary N) is 1. The van der Waals surface area contributed by atoms with Crippen LogP contribution in [0.1, 0.15) is 27.2 Å². The summed E-state index contributed by atoms with van der Waals surface area (Å²) >= 11 is 0. The lowest BCUT2D eigenvalue weighted by atomic mass is 10.0. The fraction of sp³-hybridized carbons (Fsp3) is 0.857. The van der Waals surface area contributed by atoms with Gasteiger partial charge >= 0.3 is 0 Å². The molecule has 0 saturated heterocycles. The number of Topliss-reactive ketones (excluding diaryl/α,β-unsaturated/α-hetero) is 1. The lowest BCUT2D eigenvalue weighted by Gasteiger charge is -2.19. The van der Waals surface area contributed by atoms with Crippen LogP contribution in [0, 0.1) is 5.92 Å². The molecular formula is C14H27NO5. The third kappa shape index (κ3) is 9.89. The molecule has 0 fully saturated rings. The monoisotopic (exact) mass is 289 g/mol. The smallest absolute Gasteiger partial charge is 0.246 e. The third-order valence-electron chi connectivity index (χ3n) is 2.66. The van der Waals surface area contributed by atoms with Gasteiger partial charge in [-0.05, 0) is 19.3 Å². The summed E-state index contributed by atoms with van der Waals surface area (Å²) in [6.45, 7) is 7.28. The molecule has 0 heterocycles. The van der Waals surface area contributed by atoms with Crippen LogP contribution in [-0.2, 0) is 23.8 Å². The van der Waals surface area contributed by atoms with Gasteiger partial charge in [-0.2, -0.15) is 0 Å². The van der Waals surface area contributed by atoms with Crippen LogP contribution < -0.4 is 5.32 Å². The summed E-state index contributed by atoms with van der Waals surface area (Å²) in [6.07, 6.45) is 0.839. The Morgan fingerprint density at radius 3 is 2.25 bits per heavy atom.